The zero-order chi connectivity index (χ0) is 12.6. The number of hydrogen-bond donors (Lipinski definition) is 1. The molecule has 0 saturated carbocycles. The quantitative estimate of drug-likeness (QED) is 0.874. The van der Waals surface area contributed by atoms with Crippen molar-refractivity contribution in [2.24, 2.45) is 0 Å². The molecule has 0 aliphatic carbocycles. The molecule has 0 aromatic heterocycles. The van der Waals surface area contributed by atoms with Crippen LogP contribution in [0.3, 0.4) is 0 Å². The Labute approximate surface area is 105 Å². The van der Waals surface area contributed by atoms with Crippen LogP contribution in [0.1, 0.15) is 25.5 Å². The van der Waals surface area contributed by atoms with Crippen molar-refractivity contribution in [1.82, 2.24) is 5.32 Å². The van der Waals surface area contributed by atoms with E-state index < -0.39 is 6.04 Å². The molecule has 1 aliphatic heterocycles. The van der Waals surface area contributed by atoms with E-state index >= 15 is 0 Å². The maximum absolute atomic E-state index is 12.1. The van der Waals surface area contributed by atoms with Crippen molar-refractivity contribution < 1.29 is 9.59 Å². The topological polar surface area (TPSA) is 49.4 Å². The van der Waals surface area contributed by atoms with Gasteiger partial charge in [-0.05, 0) is 25.1 Å². The molecule has 0 saturated heterocycles. The van der Waals surface area contributed by atoms with Gasteiger partial charge in [-0.3, -0.25) is 9.59 Å². The first-order valence-corrected chi connectivity index (χ1v) is 5.80. The van der Waals surface area contributed by atoms with Gasteiger partial charge in [-0.15, -0.1) is 0 Å². The number of halogens is 1. The maximum atomic E-state index is 12.1. The van der Waals surface area contributed by atoms with Crippen molar-refractivity contribution >= 4 is 29.1 Å². The molecule has 2 rings (SSSR count). The van der Waals surface area contributed by atoms with E-state index in [9.17, 15) is 9.59 Å². The average Bonchev–Trinajstić information content (AvgIpc) is 2.51. The van der Waals surface area contributed by atoms with Crippen LogP contribution >= 0.6 is 11.6 Å². The molecule has 17 heavy (non-hydrogen) atoms. The summed E-state index contributed by atoms with van der Waals surface area (Å²) in [7, 11) is 0. The minimum atomic E-state index is -0.610. The van der Waals surface area contributed by atoms with E-state index in [2.05, 4.69) is 5.32 Å². The number of anilines is 1. The smallest absolute Gasteiger partial charge is 0.254 e. The fourth-order valence-corrected chi connectivity index (χ4v) is 2.26. The fourth-order valence-electron chi connectivity index (χ4n) is 2.08. The normalized spacial score (nSPS) is 18.2. The highest BCUT2D eigenvalue weighted by Crippen LogP contribution is 2.37. The Bertz CT molecular complexity index is 487. The van der Waals surface area contributed by atoms with Crippen molar-refractivity contribution in [2.45, 2.75) is 19.9 Å². The van der Waals surface area contributed by atoms with Gasteiger partial charge in [0, 0.05) is 29.7 Å². The Morgan fingerprint density at radius 1 is 1.53 bits per heavy atom. The van der Waals surface area contributed by atoms with E-state index in [0.717, 1.165) is 11.3 Å². The number of nitrogens with zero attached hydrogens (tertiary/aromatic N) is 1. The summed E-state index contributed by atoms with van der Waals surface area (Å²) < 4.78 is 0. The predicted molar refractivity (Wildman–Crippen MR) is 66.0 cm³/mol. The summed E-state index contributed by atoms with van der Waals surface area (Å²) in [6.07, 6.45) is 0. The van der Waals surface area contributed by atoms with Crippen molar-refractivity contribution in [3.63, 3.8) is 0 Å². The third kappa shape index (κ3) is 2.00. The number of carbonyl (C=O) groups excluding carboxylic acids is 2. The highest BCUT2D eigenvalue weighted by Gasteiger charge is 2.36. The van der Waals surface area contributed by atoms with E-state index in [1.165, 1.54) is 6.92 Å². The number of amides is 2. The molecule has 0 bridgehead atoms. The third-order valence-corrected chi connectivity index (χ3v) is 3.00. The molecule has 1 unspecified atom stereocenters. The van der Waals surface area contributed by atoms with Crippen LogP contribution < -0.4 is 10.2 Å². The van der Waals surface area contributed by atoms with Crippen LogP contribution in [0.25, 0.3) is 0 Å². The molecule has 1 aromatic rings. The van der Waals surface area contributed by atoms with Crippen molar-refractivity contribution in [3.8, 4) is 0 Å². The molecule has 2 amide bonds. The molecule has 1 heterocycles. The van der Waals surface area contributed by atoms with E-state index in [0.29, 0.717) is 11.6 Å². The highest BCUT2D eigenvalue weighted by atomic mass is 35.5. The van der Waals surface area contributed by atoms with Gasteiger partial charge in [0.05, 0.1) is 0 Å². The van der Waals surface area contributed by atoms with Crippen molar-refractivity contribution in [1.29, 1.82) is 0 Å². The van der Waals surface area contributed by atoms with Gasteiger partial charge in [0.15, 0.2) is 0 Å². The number of hydrogen-bond acceptors (Lipinski definition) is 2. The van der Waals surface area contributed by atoms with Gasteiger partial charge >= 0.3 is 0 Å². The van der Waals surface area contributed by atoms with Crippen LogP contribution in [0.4, 0.5) is 5.69 Å². The second-order valence-electron chi connectivity index (χ2n) is 3.92. The molecule has 1 atom stereocenters. The fraction of sp³-hybridized carbons (Fsp3) is 0.333. The lowest BCUT2D eigenvalue weighted by molar-refractivity contribution is -0.126. The Kier molecular flexibility index (Phi) is 3.07. The molecule has 0 radical (unpaired) electrons. The van der Waals surface area contributed by atoms with Gasteiger partial charge in [0.25, 0.3) is 5.91 Å². The Morgan fingerprint density at radius 2 is 2.24 bits per heavy atom. The number of likely N-dealkylation sites (N-methyl/N-ethyl adjacent to an activating group) is 1. The number of nitrogens with one attached hydrogen (secondary N) is 1. The highest BCUT2D eigenvalue weighted by molar-refractivity contribution is 6.31. The lowest BCUT2D eigenvalue weighted by Gasteiger charge is -2.15. The minimum absolute atomic E-state index is 0.111. The van der Waals surface area contributed by atoms with Crippen molar-refractivity contribution in [2.75, 3.05) is 11.4 Å². The number of carbonyl (C=O) groups is 2. The molecule has 0 fully saturated rings. The molecule has 1 aromatic carbocycles. The zero-order valence-corrected chi connectivity index (χ0v) is 10.4. The van der Waals surface area contributed by atoms with Gasteiger partial charge in [0.1, 0.15) is 6.04 Å². The molecule has 0 spiro atoms. The number of benzene rings is 1. The SMILES string of the molecule is CCN1C(=O)C(NC(C)=O)c2cc(Cl)ccc21. The largest absolute Gasteiger partial charge is 0.341 e. The summed E-state index contributed by atoms with van der Waals surface area (Å²) in [6.45, 7) is 3.86. The number of rotatable bonds is 2. The lowest BCUT2D eigenvalue weighted by atomic mass is 10.1. The van der Waals surface area contributed by atoms with E-state index in [4.69, 9.17) is 11.6 Å². The molecular formula is C12H13ClN2O2. The molecule has 1 N–H and O–H groups in total. The second kappa shape index (κ2) is 4.37. The summed E-state index contributed by atoms with van der Waals surface area (Å²) >= 11 is 5.92. The van der Waals surface area contributed by atoms with Gasteiger partial charge in [0.2, 0.25) is 5.91 Å². The summed E-state index contributed by atoms with van der Waals surface area (Å²) in [6, 6.07) is 4.67. The van der Waals surface area contributed by atoms with Crippen LogP contribution in [0.2, 0.25) is 5.02 Å². The molecule has 5 heteroatoms. The summed E-state index contributed by atoms with van der Waals surface area (Å²) in [4.78, 5) is 24.9. The molecule has 1 aliphatic rings. The number of fused-ring (bicyclic) bond motifs is 1. The Balaban J connectivity index is 2.47. The van der Waals surface area contributed by atoms with E-state index in [-0.39, 0.29) is 11.8 Å². The maximum Gasteiger partial charge on any atom is 0.254 e. The Morgan fingerprint density at radius 3 is 2.82 bits per heavy atom. The monoisotopic (exact) mass is 252 g/mol. The van der Waals surface area contributed by atoms with Crippen LogP contribution in [0, 0.1) is 0 Å². The summed E-state index contributed by atoms with van der Waals surface area (Å²) in [5.74, 6) is -0.341. The third-order valence-electron chi connectivity index (χ3n) is 2.77. The average molecular weight is 253 g/mol. The first-order chi connectivity index (χ1) is 8.04. The summed E-state index contributed by atoms with van der Waals surface area (Å²) in [5.41, 5.74) is 1.58. The zero-order valence-electron chi connectivity index (χ0n) is 9.66. The van der Waals surface area contributed by atoms with Gasteiger partial charge < -0.3 is 10.2 Å². The van der Waals surface area contributed by atoms with Gasteiger partial charge in [-0.1, -0.05) is 11.6 Å². The minimum Gasteiger partial charge on any atom is -0.341 e. The first-order valence-electron chi connectivity index (χ1n) is 5.42. The molecule has 4 nitrogen and oxygen atoms in total. The van der Waals surface area contributed by atoms with Gasteiger partial charge in [-0.25, -0.2) is 0 Å². The lowest BCUT2D eigenvalue weighted by Crippen LogP contribution is -2.36. The first kappa shape index (κ1) is 11.9. The molecular weight excluding hydrogens is 240 g/mol. The predicted octanol–water partition coefficient (Wildman–Crippen LogP) is 1.88. The van der Waals surface area contributed by atoms with Crippen LogP contribution in [0.15, 0.2) is 18.2 Å². The van der Waals surface area contributed by atoms with Crippen LogP contribution in [-0.4, -0.2) is 18.4 Å². The van der Waals surface area contributed by atoms with E-state index in [1.54, 1.807) is 23.1 Å². The summed E-state index contributed by atoms with van der Waals surface area (Å²) in [5, 5.41) is 3.21. The standard InChI is InChI=1S/C12H13ClN2O2/c1-3-15-10-5-4-8(13)6-9(10)11(12(15)17)14-7(2)16/h4-6,11H,3H2,1-2H3,(H,14,16). The molecule has 90 valence electrons. The Hall–Kier alpha value is -1.55. The van der Waals surface area contributed by atoms with Gasteiger partial charge in [-0.2, -0.15) is 0 Å². The second-order valence-corrected chi connectivity index (χ2v) is 4.36. The van der Waals surface area contributed by atoms with Crippen molar-refractivity contribution in [3.05, 3.63) is 28.8 Å². The van der Waals surface area contributed by atoms with Crippen LogP contribution in [0.5, 0.6) is 0 Å². The van der Waals surface area contributed by atoms with Crippen LogP contribution in [-0.2, 0) is 9.59 Å². The van der Waals surface area contributed by atoms with E-state index in [1.807, 2.05) is 6.92 Å².